The highest BCUT2D eigenvalue weighted by Crippen LogP contribution is 2.27. The summed E-state index contributed by atoms with van der Waals surface area (Å²) in [6.07, 6.45) is 1.84. The summed E-state index contributed by atoms with van der Waals surface area (Å²) in [6, 6.07) is 10.6. The van der Waals surface area contributed by atoms with Gasteiger partial charge in [-0.1, -0.05) is 30.3 Å². The summed E-state index contributed by atoms with van der Waals surface area (Å²) >= 11 is 0. The largest absolute Gasteiger partial charge is 0.342 e. The molecule has 2 saturated heterocycles. The summed E-state index contributed by atoms with van der Waals surface area (Å²) in [5.74, 6) is 1.46. The highest BCUT2D eigenvalue weighted by atomic mass is 16.2. The van der Waals surface area contributed by atoms with Crippen molar-refractivity contribution in [3.05, 3.63) is 35.9 Å². The number of hydrogen-bond acceptors (Lipinski definition) is 2. The van der Waals surface area contributed by atoms with E-state index in [-0.39, 0.29) is 0 Å². The van der Waals surface area contributed by atoms with E-state index in [2.05, 4.69) is 34.5 Å². The molecule has 1 amide bonds. The maximum atomic E-state index is 12.1. The SMILES string of the molecule is O=C(CC1CNC1)N1CCC(c2ccccc2)C1. The van der Waals surface area contributed by atoms with Gasteiger partial charge in [0, 0.05) is 25.4 Å². The first-order valence-electron chi connectivity index (χ1n) is 6.86. The molecule has 2 aliphatic heterocycles. The van der Waals surface area contributed by atoms with Crippen LogP contribution in [-0.4, -0.2) is 37.0 Å². The van der Waals surface area contributed by atoms with Crippen LogP contribution < -0.4 is 5.32 Å². The fourth-order valence-corrected chi connectivity index (χ4v) is 2.85. The van der Waals surface area contributed by atoms with E-state index >= 15 is 0 Å². The number of hydrogen-bond donors (Lipinski definition) is 1. The molecule has 1 aromatic rings. The van der Waals surface area contributed by atoms with Crippen molar-refractivity contribution in [1.29, 1.82) is 0 Å². The molecular weight excluding hydrogens is 224 g/mol. The van der Waals surface area contributed by atoms with E-state index in [4.69, 9.17) is 0 Å². The molecule has 1 aromatic carbocycles. The first kappa shape index (κ1) is 11.7. The Morgan fingerprint density at radius 3 is 2.72 bits per heavy atom. The second-order valence-corrected chi connectivity index (χ2v) is 5.46. The van der Waals surface area contributed by atoms with Gasteiger partial charge in [-0.25, -0.2) is 0 Å². The van der Waals surface area contributed by atoms with Crippen molar-refractivity contribution in [2.75, 3.05) is 26.2 Å². The molecule has 18 heavy (non-hydrogen) atoms. The second kappa shape index (κ2) is 5.11. The Morgan fingerprint density at radius 1 is 1.28 bits per heavy atom. The lowest BCUT2D eigenvalue weighted by Gasteiger charge is -2.28. The Hall–Kier alpha value is -1.35. The van der Waals surface area contributed by atoms with Crippen LogP contribution in [0.15, 0.2) is 30.3 Å². The summed E-state index contributed by atoms with van der Waals surface area (Å²) in [5.41, 5.74) is 1.37. The Morgan fingerprint density at radius 2 is 2.06 bits per heavy atom. The van der Waals surface area contributed by atoms with E-state index in [1.807, 2.05) is 6.07 Å². The summed E-state index contributed by atoms with van der Waals surface area (Å²) in [6.45, 7) is 3.87. The molecule has 0 spiro atoms. The third kappa shape index (κ3) is 2.41. The highest BCUT2D eigenvalue weighted by Gasteiger charge is 2.29. The molecule has 96 valence electrons. The second-order valence-electron chi connectivity index (χ2n) is 5.46. The number of benzene rings is 1. The molecule has 0 aromatic heterocycles. The molecule has 0 radical (unpaired) electrons. The van der Waals surface area contributed by atoms with Gasteiger partial charge in [-0.2, -0.15) is 0 Å². The number of nitrogens with zero attached hydrogens (tertiary/aromatic N) is 1. The Kier molecular flexibility index (Phi) is 3.33. The predicted molar refractivity (Wildman–Crippen MR) is 71.4 cm³/mol. The van der Waals surface area contributed by atoms with Crippen LogP contribution in [-0.2, 0) is 4.79 Å². The van der Waals surface area contributed by atoms with E-state index in [9.17, 15) is 4.79 Å². The first-order chi connectivity index (χ1) is 8.83. The summed E-state index contributed by atoms with van der Waals surface area (Å²) < 4.78 is 0. The molecule has 3 nitrogen and oxygen atoms in total. The molecule has 2 heterocycles. The van der Waals surface area contributed by atoms with E-state index in [1.54, 1.807) is 0 Å². The van der Waals surface area contributed by atoms with Gasteiger partial charge < -0.3 is 10.2 Å². The van der Waals surface area contributed by atoms with Crippen LogP contribution in [0, 0.1) is 5.92 Å². The van der Waals surface area contributed by atoms with Gasteiger partial charge in [0.05, 0.1) is 0 Å². The van der Waals surface area contributed by atoms with Crippen LogP contribution in [0.5, 0.6) is 0 Å². The van der Waals surface area contributed by atoms with Crippen molar-refractivity contribution in [3.63, 3.8) is 0 Å². The van der Waals surface area contributed by atoms with Gasteiger partial charge in [-0.05, 0) is 31.0 Å². The Labute approximate surface area is 108 Å². The molecule has 0 bridgehead atoms. The maximum Gasteiger partial charge on any atom is 0.222 e. The van der Waals surface area contributed by atoms with Crippen LogP contribution in [0.4, 0.5) is 0 Å². The van der Waals surface area contributed by atoms with Crippen molar-refractivity contribution in [1.82, 2.24) is 10.2 Å². The third-order valence-corrected chi connectivity index (χ3v) is 4.14. The van der Waals surface area contributed by atoms with Crippen LogP contribution in [0.1, 0.15) is 24.3 Å². The summed E-state index contributed by atoms with van der Waals surface area (Å²) in [7, 11) is 0. The number of nitrogens with one attached hydrogen (secondary N) is 1. The maximum absolute atomic E-state index is 12.1. The van der Waals surface area contributed by atoms with Gasteiger partial charge in [-0.3, -0.25) is 4.79 Å². The van der Waals surface area contributed by atoms with Crippen LogP contribution in [0.2, 0.25) is 0 Å². The van der Waals surface area contributed by atoms with Crippen molar-refractivity contribution in [2.45, 2.75) is 18.8 Å². The fraction of sp³-hybridized carbons (Fsp3) is 0.533. The number of likely N-dealkylation sites (tertiary alicyclic amines) is 1. The zero-order chi connectivity index (χ0) is 12.4. The number of carbonyl (C=O) groups excluding carboxylic acids is 1. The van der Waals surface area contributed by atoms with Crippen LogP contribution in [0.25, 0.3) is 0 Å². The van der Waals surface area contributed by atoms with E-state index in [1.165, 1.54) is 5.56 Å². The number of amides is 1. The standard InChI is InChI=1S/C15H20N2O/c18-15(8-12-9-16-10-12)17-7-6-14(11-17)13-4-2-1-3-5-13/h1-5,12,14,16H,6-11H2. The molecule has 2 aliphatic rings. The molecule has 3 heteroatoms. The zero-order valence-corrected chi connectivity index (χ0v) is 10.6. The Bertz CT molecular complexity index is 414. The van der Waals surface area contributed by atoms with E-state index in [0.29, 0.717) is 17.7 Å². The first-order valence-corrected chi connectivity index (χ1v) is 6.86. The topological polar surface area (TPSA) is 32.3 Å². The molecule has 1 unspecified atom stereocenters. The molecule has 3 rings (SSSR count). The number of rotatable bonds is 3. The highest BCUT2D eigenvalue weighted by molar-refractivity contribution is 5.77. The average Bonchev–Trinajstić information content (AvgIpc) is 2.84. The minimum absolute atomic E-state index is 0.347. The number of carbonyl (C=O) groups is 1. The normalized spacial score (nSPS) is 24.0. The summed E-state index contributed by atoms with van der Waals surface area (Å²) in [5, 5.41) is 3.22. The van der Waals surface area contributed by atoms with Gasteiger partial charge in [0.15, 0.2) is 0 Å². The van der Waals surface area contributed by atoms with Gasteiger partial charge in [-0.15, -0.1) is 0 Å². The Balaban J connectivity index is 1.56. The van der Waals surface area contributed by atoms with Gasteiger partial charge >= 0.3 is 0 Å². The fourth-order valence-electron chi connectivity index (χ4n) is 2.85. The molecule has 1 atom stereocenters. The lowest BCUT2D eigenvalue weighted by molar-refractivity contribution is -0.131. The van der Waals surface area contributed by atoms with Crippen molar-refractivity contribution in [2.24, 2.45) is 5.92 Å². The lowest BCUT2D eigenvalue weighted by Crippen LogP contribution is -2.45. The van der Waals surface area contributed by atoms with Gasteiger partial charge in [0.1, 0.15) is 0 Å². The minimum atomic E-state index is 0.347. The van der Waals surface area contributed by atoms with E-state index in [0.717, 1.165) is 39.0 Å². The van der Waals surface area contributed by atoms with Crippen LogP contribution >= 0.6 is 0 Å². The average molecular weight is 244 g/mol. The third-order valence-electron chi connectivity index (χ3n) is 4.14. The van der Waals surface area contributed by atoms with Gasteiger partial charge in [0.2, 0.25) is 5.91 Å². The smallest absolute Gasteiger partial charge is 0.222 e. The van der Waals surface area contributed by atoms with E-state index < -0.39 is 0 Å². The monoisotopic (exact) mass is 244 g/mol. The molecule has 0 saturated carbocycles. The molecular formula is C15H20N2O. The van der Waals surface area contributed by atoms with Crippen molar-refractivity contribution >= 4 is 5.91 Å². The minimum Gasteiger partial charge on any atom is -0.342 e. The molecule has 1 N–H and O–H groups in total. The van der Waals surface area contributed by atoms with Crippen LogP contribution in [0.3, 0.4) is 0 Å². The van der Waals surface area contributed by atoms with Crippen molar-refractivity contribution in [3.8, 4) is 0 Å². The van der Waals surface area contributed by atoms with Crippen molar-refractivity contribution < 1.29 is 4.79 Å². The lowest BCUT2D eigenvalue weighted by atomic mass is 9.98. The zero-order valence-electron chi connectivity index (χ0n) is 10.6. The molecule has 2 fully saturated rings. The predicted octanol–water partition coefficient (Wildman–Crippen LogP) is 1.61. The summed E-state index contributed by atoms with van der Waals surface area (Å²) in [4.78, 5) is 14.2. The molecule has 0 aliphatic carbocycles. The van der Waals surface area contributed by atoms with Gasteiger partial charge in [0.25, 0.3) is 0 Å². The quantitative estimate of drug-likeness (QED) is 0.876.